The summed E-state index contributed by atoms with van der Waals surface area (Å²) in [6.45, 7) is 1.59. The van der Waals surface area contributed by atoms with Crippen LogP contribution in [0.1, 0.15) is 19.8 Å². The Morgan fingerprint density at radius 3 is 2.36 bits per heavy atom. The topological polar surface area (TPSA) is 60.2 Å². The van der Waals surface area contributed by atoms with E-state index in [-0.39, 0.29) is 5.92 Å². The summed E-state index contributed by atoms with van der Waals surface area (Å²) in [5.74, 6) is -0.363. The molecule has 66 valence electrons. The van der Waals surface area contributed by atoms with Gasteiger partial charge in [0.1, 0.15) is 0 Å². The zero-order valence-corrected chi connectivity index (χ0v) is 7.20. The SMILES string of the molecule is CC(N)(CS(=O)(=O)F)C1CC1. The third kappa shape index (κ3) is 2.75. The van der Waals surface area contributed by atoms with E-state index < -0.39 is 21.5 Å². The highest BCUT2D eigenvalue weighted by Crippen LogP contribution is 2.38. The molecule has 0 saturated heterocycles. The number of hydrogen-bond acceptors (Lipinski definition) is 3. The van der Waals surface area contributed by atoms with Gasteiger partial charge in [0.15, 0.2) is 0 Å². The molecule has 0 spiro atoms. The lowest BCUT2D eigenvalue weighted by molar-refractivity contribution is 0.438. The zero-order chi connectivity index (χ0) is 8.70. The van der Waals surface area contributed by atoms with Crippen molar-refractivity contribution in [2.75, 3.05) is 5.75 Å². The van der Waals surface area contributed by atoms with Gasteiger partial charge >= 0.3 is 10.2 Å². The number of nitrogens with two attached hydrogens (primary N) is 1. The molecule has 11 heavy (non-hydrogen) atoms. The predicted octanol–water partition coefficient (Wildman–Crippen LogP) is 0.413. The monoisotopic (exact) mass is 181 g/mol. The summed E-state index contributed by atoms with van der Waals surface area (Å²) in [7, 11) is -4.41. The molecular weight excluding hydrogens is 169 g/mol. The Morgan fingerprint density at radius 1 is 1.64 bits per heavy atom. The first kappa shape index (κ1) is 8.93. The lowest BCUT2D eigenvalue weighted by atomic mass is 10.0. The van der Waals surface area contributed by atoms with Crippen LogP contribution in [0.25, 0.3) is 0 Å². The summed E-state index contributed by atoms with van der Waals surface area (Å²) in [4.78, 5) is 0. The van der Waals surface area contributed by atoms with Crippen LogP contribution in [0.4, 0.5) is 3.89 Å². The molecule has 0 bridgehead atoms. The molecule has 0 amide bonds. The van der Waals surface area contributed by atoms with E-state index in [1.807, 2.05) is 0 Å². The average molecular weight is 181 g/mol. The summed E-state index contributed by atoms with van der Waals surface area (Å²) >= 11 is 0. The van der Waals surface area contributed by atoms with Crippen LogP contribution in [0, 0.1) is 5.92 Å². The first-order valence-corrected chi connectivity index (χ1v) is 5.08. The van der Waals surface area contributed by atoms with Crippen molar-refractivity contribution in [3.63, 3.8) is 0 Å². The van der Waals surface area contributed by atoms with Gasteiger partial charge in [-0.25, -0.2) is 0 Å². The second-order valence-corrected chi connectivity index (χ2v) is 4.83. The first-order valence-electron chi connectivity index (χ1n) is 3.52. The fraction of sp³-hybridized carbons (Fsp3) is 1.00. The quantitative estimate of drug-likeness (QED) is 0.642. The molecule has 1 atom stereocenters. The van der Waals surface area contributed by atoms with Gasteiger partial charge in [0.25, 0.3) is 0 Å². The maximum absolute atomic E-state index is 12.2. The van der Waals surface area contributed by atoms with Gasteiger partial charge in [-0.3, -0.25) is 0 Å². The molecule has 1 rings (SSSR count). The highest BCUT2D eigenvalue weighted by Gasteiger charge is 2.41. The Labute approximate surface area is 66.0 Å². The van der Waals surface area contributed by atoms with Gasteiger partial charge in [0.2, 0.25) is 0 Å². The molecule has 5 heteroatoms. The van der Waals surface area contributed by atoms with E-state index in [2.05, 4.69) is 0 Å². The number of halogens is 1. The summed E-state index contributed by atoms with van der Waals surface area (Å²) < 4.78 is 32.6. The number of rotatable bonds is 3. The molecule has 1 fully saturated rings. The largest absolute Gasteiger partial charge is 0.324 e. The van der Waals surface area contributed by atoms with Gasteiger partial charge in [-0.1, -0.05) is 0 Å². The Balaban J connectivity index is 2.59. The maximum atomic E-state index is 12.2. The van der Waals surface area contributed by atoms with E-state index in [1.165, 1.54) is 0 Å². The second kappa shape index (κ2) is 2.42. The Bertz CT molecular complexity index is 243. The molecule has 0 aromatic heterocycles. The molecule has 1 aliphatic rings. The van der Waals surface area contributed by atoms with Crippen molar-refractivity contribution in [2.45, 2.75) is 25.3 Å². The van der Waals surface area contributed by atoms with Crippen LogP contribution < -0.4 is 5.73 Å². The zero-order valence-electron chi connectivity index (χ0n) is 6.38. The molecule has 0 aromatic rings. The van der Waals surface area contributed by atoms with Crippen molar-refractivity contribution in [1.29, 1.82) is 0 Å². The van der Waals surface area contributed by atoms with Crippen LogP contribution in [-0.2, 0) is 10.2 Å². The van der Waals surface area contributed by atoms with Crippen LogP contribution in [-0.4, -0.2) is 19.7 Å². The van der Waals surface area contributed by atoms with Crippen LogP contribution in [0.15, 0.2) is 0 Å². The second-order valence-electron chi connectivity index (χ2n) is 3.46. The minimum atomic E-state index is -4.41. The average Bonchev–Trinajstić information content (AvgIpc) is 2.30. The normalized spacial score (nSPS) is 24.6. The molecule has 2 N–H and O–H groups in total. The van der Waals surface area contributed by atoms with Gasteiger partial charge in [-0.15, -0.1) is 3.89 Å². The van der Waals surface area contributed by atoms with E-state index in [0.717, 1.165) is 12.8 Å². The summed E-state index contributed by atoms with van der Waals surface area (Å²) in [6, 6.07) is 0. The van der Waals surface area contributed by atoms with Gasteiger partial charge in [0, 0.05) is 5.54 Å². The van der Waals surface area contributed by atoms with Crippen LogP contribution in [0.5, 0.6) is 0 Å². The molecule has 0 radical (unpaired) electrons. The molecule has 1 aliphatic carbocycles. The van der Waals surface area contributed by atoms with E-state index >= 15 is 0 Å². The Kier molecular flexibility index (Phi) is 1.96. The highest BCUT2D eigenvalue weighted by atomic mass is 32.3. The van der Waals surface area contributed by atoms with Crippen molar-refractivity contribution in [3.05, 3.63) is 0 Å². The van der Waals surface area contributed by atoms with Gasteiger partial charge in [-0.05, 0) is 25.7 Å². The molecular formula is C6H12FNO2S. The maximum Gasteiger partial charge on any atom is 0.304 e. The van der Waals surface area contributed by atoms with E-state index in [1.54, 1.807) is 6.92 Å². The van der Waals surface area contributed by atoms with Gasteiger partial charge < -0.3 is 5.73 Å². The fourth-order valence-electron chi connectivity index (χ4n) is 1.23. The van der Waals surface area contributed by atoms with Crippen molar-refractivity contribution in [1.82, 2.24) is 0 Å². The molecule has 3 nitrogen and oxygen atoms in total. The van der Waals surface area contributed by atoms with Crippen molar-refractivity contribution < 1.29 is 12.3 Å². The Morgan fingerprint density at radius 2 is 2.09 bits per heavy atom. The molecule has 0 aromatic carbocycles. The Hall–Kier alpha value is -0.160. The van der Waals surface area contributed by atoms with E-state index in [9.17, 15) is 12.3 Å². The van der Waals surface area contributed by atoms with E-state index in [4.69, 9.17) is 5.73 Å². The van der Waals surface area contributed by atoms with Gasteiger partial charge in [-0.2, -0.15) is 8.42 Å². The van der Waals surface area contributed by atoms with Crippen LogP contribution in [0.2, 0.25) is 0 Å². The predicted molar refractivity (Wildman–Crippen MR) is 40.2 cm³/mol. The molecule has 1 saturated carbocycles. The highest BCUT2D eigenvalue weighted by molar-refractivity contribution is 7.86. The minimum absolute atomic E-state index is 0.188. The van der Waals surface area contributed by atoms with Gasteiger partial charge in [0.05, 0.1) is 5.75 Å². The molecule has 1 unspecified atom stereocenters. The fourth-order valence-corrected chi connectivity index (χ4v) is 2.21. The van der Waals surface area contributed by atoms with E-state index in [0.29, 0.717) is 0 Å². The third-order valence-corrected chi connectivity index (χ3v) is 2.96. The van der Waals surface area contributed by atoms with Crippen LogP contribution >= 0.6 is 0 Å². The molecule has 0 heterocycles. The minimum Gasteiger partial charge on any atom is -0.324 e. The van der Waals surface area contributed by atoms with Crippen molar-refractivity contribution in [3.8, 4) is 0 Å². The smallest absolute Gasteiger partial charge is 0.304 e. The standard InChI is InChI=1S/C6H12FNO2S/c1-6(8,5-2-3-5)4-11(7,9)10/h5H,2-4,8H2,1H3. The lowest BCUT2D eigenvalue weighted by Gasteiger charge is -2.21. The third-order valence-electron chi connectivity index (χ3n) is 1.99. The van der Waals surface area contributed by atoms with Crippen LogP contribution in [0.3, 0.4) is 0 Å². The first-order chi connectivity index (χ1) is 4.81. The molecule has 0 aliphatic heterocycles. The summed E-state index contributed by atoms with van der Waals surface area (Å²) in [5.41, 5.74) is 4.72. The van der Waals surface area contributed by atoms with Crippen molar-refractivity contribution in [2.24, 2.45) is 11.7 Å². The summed E-state index contributed by atoms with van der Waals surface area (Å²) in [5, 5.41) is 0. The van der Waals surface area contributed by atoms with Crippen molar-refractivity contribution >= 4 is 10.2 Å². The lowest BCUT2D eigenvalue weighted by Crippen LogP contribution is -2.44. The summed E-state index contributed by atoms with van der Waals surface area (Å²) in [6.07, 6.45) is 1.84. The number of hydrogen-bond donors (Lipinski definition) is 1.